The average molecular weight is 349 g/mol. The molecule has 1 aliphatic carbocycles. The number of aromatic nitrogens is 4. The molecule has 1 aromatic carbocycles. The number of hydrogen-bond acceptors (Lipinski definition) is 4. The molecule has 2 aromatic heterocycles. The second-order valence-electron chi connectivity index (χ2n) is 6.94. The van der Waals surface area contributed by atoms with Crippen molar-refractivity contribution >= 4 is 11.7 Å². The zero-order valence-electron chi connectivity index (χ0n) is 15.2. The van der Waals surface area contributed by atoms with Crippen LogP contribution in [0.3, 0.4) is 0 Å². The van der Waals surface area contributed by atoms with Gasteiger partial charge in [0.05, 0.1) is 6.04 Å². The van der Waals surface area contributed by atoms with Gasteiger partial charge < -0.3 is 5.32 Å². The van der Waals surface area contributed by atoms with Crippen LogP contribution in [-0.2, 0) is 17.6 Å². The molecule has 1 N–H and O–H groups in total. The summed E-state index contributed by atoms with van der Waals surface area (Å²) < 4.78 is 1.73. The molecule has 4 rings (SSSR count). The van der Waals surface area contributed by atoms with Gasteiger partial charge in [0.2, 0.25) is 5.91 Å². The monoisotopic (exact) mass is 349 g/mol. The van der Waals surface area contributed by atoms with Gasteiger partial charge in [-0.25, -0.2) is 9.50 Å². The van der Waals surface area contributed by atoms with Crippen LogP contribution in [0.15, 0.2) is 30.6 Å². The molecular weight excluding hydrogens is 326 g/mol. The van der Waals surface area contributed by atoms with E-state index in [0.717, 1.165) is 36.2 Å². The standard InChI is InChI=1S/C20H23N5O/c1-13-16(14(2)25-20(23-13)21-12-22-25)10-11-19(26)24-18-9-5-7-15-6-3-4-8-17(15)18/h3-4,6,8,12,18H,5,7,9-11H2,1-2H3,(H,24,26)/t18-/m0/s1. The minimum atomic E-state index is 0.0872. The summed E-state index contributed by atoms with van der Waals surface area (Å²) in [5.41, 5.74) is 5.61. The lowest BCUT2D eigenvalue weighted by Gasteiger charge is -2.26. The Balaban J connectivity index is 1.45. The van der Waals surface area contributed by atoms with Crippen molar-refractivity contribution in [2.75, 3.05) is 0 Å². The largest absolute Gasteiger partial charge is 0.349 e. The van der Waals surface area contributed by atoms with Gasteiger partial charge in [-0.15, -0.1) is 0 Å². The number of carbonyl (C=O) groups excluding carboxylic acids is 1. The maximum absolute atomic E-state index is 12.6. The van der Waals surface area contributed by atoms with E-state index >= 15 is 0 Å². The smallest absolute Gasteiger partial charge is 0.252 e. The number of amides is 1. The van der Waals surface area contributed by atoms with Crippen molar-refractivity contribution < 1.29 is 4.79 Å². The Morgan fingerprint density at radius 3 is 3.04 bits per heavy atom. The number of aryl methyl sites for hydroxylation is 3. The molecule has 6 nitrogen and oxygen atoms in total. The van der Waals surface area contributed by atoms with Gasteiger partial charge >= 0.3 is 0 Å². The van der Waals surface area contributed by atoms with Crippen LogP contribution in [0.2, 0.25) is 0 Å². The summed E-state index contributed by atoms with van der Waals surface area (Å²) >= 11 is 0. The summed E-state index contributed by atoms with van der Waals surface area (Å²) in [6, 6.07) is 8.55. The lowest BCUT2D eigenvalue weighted by Crippen LogP contribution is -2.31. The van der Waals surface area contributed by atoms with Crippen LogP contribution in [0.5, 0.6) is 0 Å². The SMILES string of the molecule is Cc1nc2ncnn2c(C)c1CCC(=O)N[C@H]1CCCc2ccccc21. The Kier molecular flexibility index (Phi) is 4.41. The summed E-state index contributed by atoms with van der Waals surface area (Å²) in [7, 11) is 0. The second kappa shape index (κ2) is 6.86. The molecule has 6 heteroatoms. The highest BCUT2D eigenvalue weighted by molar-refractivity contribution is 5.77. The van der Waals surface area contributed by atoms with Crippen molar-refractivity contribution in [3.63, 3.8) is 0 Å². The molecule has 1 aliphatic rings. The number of nitrogens with zero attached hydrogens (tertiary/aromatic N) is 4. The van der Waals surface area contributed by atoms with E-state index in [1.54, 1.807) is 4.52 Å². The van der Waals surface area contributed by atoms with Crippen molar-refractivity contribution in [1.82, 2.24) is 24.9 Å². The van der Waals surface area contributed by atoms with Gasteiger partial charge in [0.1, 0.15) is 6.33 Å². The number of nitrogens with one attached hydrogen (secondary N) is 1. The maximum atomic E-state index is 12.6. The molecular formula is C20H23N5O. The van der Waals surface area contributed by atoms with E-state index in [9.17, 15) is 4.79 Å². The van der Waals surface area contributed by atoms with Crippen LogP contribution in [-0.4, -0.2) is 25.5 Å². The lowest BCUT2D eigenvalue weighted by molar-refractivity contribution is -0.121. The van der Waals surface area contributed by atoms with Crippen molar-refractivity contribution in [2.45, 2.75) is 52.0 Å². The molecule has 2 heterocycles. The van der Waals surface area contributed by atoms with Gasteiger partial charge in [0.25, 0.3) is 5.78 Å². The van der Waals surface area contributed by atoms with E-state index < -0.39 is 0 Å². The van der Waals surface area contributed by atoms with Crippen molar-refractivity contribution in [2.24, 2.45) is 0 Å². The highest BCUT2D eigenvalue weighted by atomic mass is 16.1. The molecule has 0 bridgehead atoms. The summed E-state index contributed by atoms with van der Waals surface area (Å²) in [4.78, 5) is 21.2. The molecule has 1 amide bonds. The van der Waals surface area contributed by atoms with Crippen LogP contribution < -0.4 is 5.32 Å². The number of benzene rings is 1. The second-order valence-corrected chi connectivity index (χ2v) is 6.94. The highest BCUT2D eigenvalue weighted by Crippen LogP contribution is 2.29. The van der Waals surface area contributed by atoms with Crippen LogP contribution >= 0.6 is 0 Å². The lowest BCUT2D eigenvalue weighted by atomic mass is 9.87. The van der Waals surface area contributed by atoms with Gasteiger partial charge in [-0.05, 0) is 56.2 Å². The van der Waals surface area contributed by atoms with Crippen LogP contribution in [0.1, 0.15) is 53.4 Å². The number of fused-ring (bicyclic) bond motifs is 2. The Bertz CT molecular complexity index is 962. The van der Waals surface area contributed by atoms with E-state index in [1.165, 1.54) is 17.5 Å². The molecule has 0 unspecified atom stereocenters. The maximum Gasteiger partial charge on any atom is 0.252 e. The van der Waals surface area contributed by atoms with E-state index in [0.29, 0.717) is 18.6 Å². The third kappa shape index (κ3) is 3.07. The van der Waals surface area contributed by atoms with Crippen LogP contribution in [0, 0.1) is 13.8 Å². The van der Waals surface area contributed by atoms with Crippen molar-refractivity contribution in [1.29, 1.82) is 0 Å². The number of hydrogen-bond donors (Lipinski definition) is 1. The number of rotatable bonds is 4. The molecule has 26 heavy (non-hydrogen) atoms. The molecule has 3 aromatic rings. The molecule has 0 fully saturated rings. The minimum absolute atomic E-state index is 0.0872. The quantitative estimate of drug-likeness (QED) is 0.786. The zero-order valence-corrected chi connectivity index (χ0v) is 15.2. The average Bonchev–Trinajstić information content (AvgIpc) is 3.10. The molecule has 0 aliphatic heterocycles. The summed E-state index contributed by atoms with van der Waals surface area (Å²) in [6.45, 7) is 3.97. The molecule has 0 radical (unpaired) electrons. The summed E-state index contributed by atoms with van der Waals surface area (Å²) in [5, 5.41) is 7.43. The zero-order chi connectivity index (χ0) is 18.1. The highest BCUT2D eigenvalue weighted by Gasteiger charge is 2.21. The van der Waals surface area contributed by atoms with E-state index in [-0.39, 0.29) is 11.9 Å². The Morgan fingerprint density at radius 1 is 1.31 bits per heavy atom. The van der Waals surface area contributed by atoms with Crippen LogP contribution in [0.25, 0.3) is 5.78 Å². The fraction of sp³-hybridized carbons (Fsp3) is 0.400. The Hall–Kier alpha value is -2.76. The Morgan fingerprint density at radius 2 is 2.15 bits per heavy atom. The first kappa shape index (κ1) is 16.7. The van der Waals surface area contributed by atoms with Crippen molar-refractivity contribution in [3.05, 3.63) is 58.7 Å². The first-order chi connectivity index (χ1) is 12.6. The van der Waals surface area contributed by atoms with Gasteiger partial charge in [0.15, 0.2) is 0 Å². The third-order valence-corrected chi connectivity index (χ3v) is 5.30. The fourth-order valence-corrected chi connectivity index (χ4v) is 3.93. The summed E-state index contributed by atoms with van der Waals surface area (Å²) in [6.07, 6.45) is 5.83. The molecule has 134 valence electrons. The summed E-state index contributed by atoms with van der Waals surface area (Å²) in [5.74, 6) is 0.691. The van der Waals surface area contributed by atoms with E-state index in [4.69, 9.17) is 0 Å². The fourth-order valence-electron chi connectivity index (χ4n) is 3.93. The van der Waals surface area contributed by atoms with E-state index in [1.807, 2.05) is 13.8 Å². The number of carbonyl (C=O) groups is 1. The van der Waals surface area contributed by atoms with Crippen molar-refractivity contribution in [3.8, 4) is 0 Å². The molecule has 0 spiro atoms. The normalized spacial score (nSPS) is 16.5. The molecule has 1 atom stereocenters. The first-order valence-electron chi connectivity index (χ1n) is 9.16. The van der Waals surface area contributed by atoms with Crippen LogP contribution in [0.4, 0.5) is 0 Å². The van der Waals surface area contributed by atoms with Gasteiger partial charge in [0, 0.05) is 17.8 Å². The van der Waals surface area contributed by atoms with Gasteiger partial charge in [-0.3, -0.25) is 4.79 Å². The first-order valence-corrected chi connectivity index (χ1v) is 9.16. The Labute approximate surface area is 152 Å². The predicted molar refractivity (Wildman–Crippen MR) is 98.8 cm³/mol. The van der Waals surface area contributed by atoms with Gasteiger partial charge in [-0.2, -0.15) is 10.1 Å². The predicted octanol–water partition coefficient (Wildman–Crippen LogP) is 2.87. The third-order valence-electron chi connectivity index (χ3n) is 5.30. The minimum Gasteiger partial charge on any atom is -0.349 e. The van der Waals surface area contributed by atoms with E-state index in [2.05, 4.69) is 44.6 Å². The molecule has 0 saturated heterocycles. The molecule has 0 saturated carbocycles. The topological polar surface area (TPSA) is 72.2 Å². The van der Waals surface area contributed by atoms with Gasteiger partial charge in [-0.1, -0.05) is 24.3 Å².